The minimum absolute atomic E-state index is 0.576. The molecule has 1 aromatic heterocycles. The van der Waals surface area contributed by atoms with E-state index < -0.39 is 0 Å². The van der Waals surface area contributed by atoms with Crippen molar-refractivity contribution in [3.8, 4) is 0 Å². The second-order valence-electron chi connectivity index (χ2n) is 4.25. The molecule has 0 spiro atoms. The van der Waals surface area contributed by atoms with E-state index in [1.54, 1.807) is 7.11 Å². The monoisotopic (exact) mass is 311 g/mol. The Morgan fingerprint density at radius 1 is 1.39 bits per heavy atom. The van der Waals surface area contributed by atoms with E-state index in [0.717, 1.165) is 46.3 Å². The van der Waals surface area contributed by atoms with Gasteiger partial charge < -0.3 is 14.5 Å². The zero-order valence-corrected chi connectivity index (χ0v) is 12.3. The molecule has 1 N–H and O–H groups in total. The van der Waals surface area contributed by atoms with Crippen LogP contribution >= 0.6 is 15.9 Å². The van der Waals surface area contributed by atoms with Gasteiger partial charge in [-0.3, -0.25) is 0 Å². The highest BCUT2D eigenvalue weighted by Gasteiger charge is 2.13. The second kappa shape index (κ2) is 6.36. The first-order valence-corrected chi connectivity index (χ1v) is 6.95. The third kappa shape index (κ3) is 2.94. The summed E-state index contributed by atoms with van der Waals surface area (Å²) >= 11 is 3.49. The average molecular weight is 312 g/mol. The van der Waals surface area contributed by atoms with Crippen molar-refractivity contribution < 1.29 is 9.15 Å². The highest BCUT2D eigenvalue weighted by Crippen LogP contribution is 2.29. The summed E-state index contributed by atoms with van der Waals surface area (Å²) in [6.45, 7) is 4.47. The van der Waals surface area contributed by atoms with Crippen LogP contribution in [0.1, 0.15) is 24.7 Å². The standard InChI is InChI=1S/C14H18BrNO2/c1-3-6-16-8-14-12(9-17-2)11-7-10(15)4-5-13(11)18-14/h4-5,7,16H,3,6,8-9H2,1-2H3. The lowest BCUT2D eigenvalue weighted by Crippen LogP contribution is -2.14. The first kappa shape index (κ1) is 13.6. The Morgan fingerprint density at radius 3 is 2.94 bits per heavy atom. The van der Waals surface area contributed by atoms with Crippen molar-refractivity contribution in [1.82, 2.24) is 5.32 Å². The Bertz CT molecular complexity index is 522. The summed E-state index contributed by atoms with van der Waals surface area (Å²) < 4.78 is 12.2. The summed E-state index contributed by atoms with van der Waals surface area (Å²) in [7, 11) is 1.71. The van der Waals surface area contributed by atoms with Crippen molar-refractivity contribution in [3.05, 3.63) is 34.0 Å². The van der Waals surface area contributed by atoms with Crippen LogP contribution in [0.2, 0.25) is 0 Å². The van der Waals surface area contributed by atoms with Crippen molar-refractivity contribution in [3.63, 3.8) is 0 Å². The number of halogens is 1. The SMILES string of the molecule is CCCNCc1oc2ccc(Br)cc2c1COC. The van der Waals surface area contributed by atoms with Crippen molar-refractivity contribution in [2.24, 2.45) is 0 Å². The number of ether oxygens (including phenoxy) is 1. The number of hydrogen-bond acceptors (Lipinski definition) is 3. The van der Waals surface area contributed by atoms with Crippen LogP contribution in [0.3, 0.4) is 0 Å². The maximum atomic E-state index is 5.89. The molecule has 0 saturated heterocycles. The van der Waals surface area contributed by atoms with Gasteiger partial charge in [-0.25, -0.2) is 0 Å². The minimum Gasteiger partial charge on any atom is -0.459 e. The number of rotatable bonds is 6. The van der Waals surface area contributed by atoms with Gasteiger partial charge in [0.05, 0.1) is 13.2 Å². The molecular formula is C14H18BrNO2. The van der Waals surface area contributed by atoms with Crippen LogP contribution < -0.4 is 5.32 Å². The molecule has 0 saturated carbocycles. The molecular weight excluding hydrogens is 294 g/mol. The number of methoxy groups -OCH3 is 1. The normalized spacial score (nSPS) is 11.3. The van der Waals surface area contributed by atoms with Crippen LogP contribution in [0.4, 0.5) is 0 Å². The highest BCUT2D eigenvalue weighted by atomic mass is 79.9. The van der Waals surface area contributed by atoms with Gasteiger partial charge in [-0.2, -0.15) is 0 Å². The first-order valence-electron chi connectivity index (χ1n) is 6.15. The topological polar surface area (TPSA) is 34.4 Å². The molecule has 98 valence electrons. The summed E-state index contributed by atoms with van der Waals surface area (Å²) in [5.41, 5.74) is 2.05. The van der Waals surface area contributed by atoms with Crippen LogP contribution in [0, 0.1) is 0 Å². The van der Waals surface area contributed by atoms with E-state index in [0.29, 0.717) is 6.61 Å². The van der Waals surface area contributed by atoms with Crippen LogP contribution in [0.25, 0.3) is 11.0 Å². The summed E-state index contributed by atoms with van der Waals surface area (Å²) in [5, 5.41) is 4.49. The molecule has 3 nitrogen and oxygen atoms in total. The molecule has 1 heterocycles. The summed E-state index contributed by atoms with van der Waals surface area (Å²) in [4.78, 5) is 0. The van der Waals surface area contributed by atoms with Gasteiger partial charge in [-0.15, -0.1) is 0 Å². The van der Waals surface area contributed by atoms with E-state index in [-0.39, 0.29) is 0 Å². The quantitative estimate of drug-likeness (QED) is 0.823. The molecule has 18 heavy (non-hydrogen) atoms. The van der Waals surface area contributed by atoms with E-state index in [4.69, 9.17) is 9.15 Å². The largest absolute Gasteiger partial charge is 0.459 e. The third-order valence-corrected chi connectivity index (χ3v) is 3.33. The Balaban J connectivity index is 2.35. The predicted molar refractivity (Wildman–Crippen MR) is 76.6 cm³/mol. The fourth-order valence-electron chi connectivity index (χ4n) is 2.00. The fraction of sp³-hybridized carbons (Fsp3) is 0.429. The molecule has 0 radical (unpaired) electrons. The molecule has 2 rings (SSSR count). The Hall–Kier alpha value is -0.840. The molecule has 0 atom stereocenters. The number of fused-ring (bicyclic) bond motifs is 1. The van der Waals surface area contributed by atoms with Gasteiger partial charge in [0.1, 0.15) is 11.3 Å². The Labute approximate surface area is 116 Å². The molecule has 0 unspecified atom stereocenters. The summed E-state index contributed by atoms with van der Waals surface area (Å²) in [6.07, 6.45) is 1.12. The molecule has 0 aliphatic heterocycles. The minimum atomic E-state index is 0.576. The van der Waals surface area contributed by atoms with Gasteiger partial charge >= 0.3 is 0 Å². The molecule has 0 bridgehead atoms. The summed E-state index contributed by atoms with van der Waals surface area (Å²) in [6, 6.07) is 6.06. The number of furan rings is 1. The highest BCUT2D eigenvalue weighted by molar-refractivity contribution is 9.10. The van der Waals surface area contributed by atoms with E-state index in [1.807, 2.05) is 12.1 Å². The van der Waals surface area contributed by atoms with E-state index in [1.165, 1.54) is 0 Å². The maximum absolute atomic E-state index is 5.89. The molecule has 0 fully saturated rings. The number of benzene rings is 1. The van der Waals surface area contributed by atoms with Gasteiger partial charge in [-0.1, -0.05) is 22.9 Å². The maximum Gasteiger partial charge on any atom is 0.134 e. The zero-order chi connectivity index (χ0) is 13.0. The Morgan fingerprint density at radius 2 is 2.22 bits per heavy atom. The van der Waals surface area contributed by atoms with Crippen LogP contribution in [-0.4, -0.2) is 13.7 Å². The molecule has 0 aliphatic carbocycles. The third-order valence-electron chi connectivity index (χ3n) is 2.84. The van der Waals surface area contributed by atoms with Gasteiger partial charge in [0, 0.05) is 22.5 Å². The predicted octanol–water partition coefficient (Wildman–Crippen LogP) is 3.84. The number of nitrogens with one attached hydrogen (secondary N) is 1. The van der Waals surface area contributed by atoms with Crippen molar-refractivity contribution >= 4 is 26.9 Å². The molecule has 0 aliphatic rings. The lowest BCUT2D eigenvalue weighted by molar-refractivity contribution is 0.183. The van der Waals surface area contributed by atoms with E-state index in [9.17, 15) is 0 Å². The van der Waals surface area contributed by atoms with Crippen LogP contribution in [0.5, 0.6) is 0 Å². The Kier molecular flexibility index (Phi) is 4.80. The fourth-order valence-corrected chi connectivity index (χ4v) is 2.36. The smallest absolute Gasteiger partial charge is 0.134 e. The number of hydrogen-bond donors (Lipinski definition) is 1. The lowest BCUT2D eigenvalue weighted by atomic mass is 10.1. The van der Waals surface area contributed by atoms with E-state index in [2.05, 4.69) is 34.2 Å². The van der Waals surface area contributed by atoms with Crippen LogP contribution in [-0.2, 0) is 17.9 Å². The van der Waals surface area contributed by atoms with E-state index >= 15 is 0 Å². The zero-order valence-electron chi connectivity index (χ0n) is 10.8. The van der Waals surface area contributed by atoms with Crippen LogP contribution in [0.15, 0.2) is 27.1 Å². The summed E-state index contributed by atoms with van der Waals surface area (Å²) in [5.74, 6) is 0.971. The molecule has 4 heteroatoms. The first-order chi connectivity index (χ1) is 8.76. The van der Waals surface area contributed by atoms with Gasteiger partial charge in [-0.05, 0) is 31.2 Å². The molecule has 1 aromatic carbocycles. The van der Waals surface area contributed by atoms with Crippen molar-refractivity contribution in [1.29, 1.82) is 0 Å². The van der Waals surface area contributed by atoms with Gasteiger partial charge in [0.25, 0.3) is 0 Å². The second-order valence-corrected chi connectivity index (χ2v) is 5.17. The van der Waals surface area contributed by atoms with Gasteiger partial charge in [0.2, 0.25) is 0 Å². The molecule has 0 amide bonds. The lowest BCUT2D eigenvalue weighted by Gasteiger charge is -2.03. The van der Waals surface area contributed by atoms with Crippen molar-refractivity contribution in [2.45, 2.75) is 26.5 Å². The average Bonchev–Trinajstić information content (AvgIpc) is 2.68. The van der Waals surface area contributed by atoms with Gasteiger partial charge in [0.15, 0.2) is 0 Å². The molecule has 2 aromatic rings. The van der Waals surface area contributed by atoms with Crippen molar-refractivity contribution in [2.75, 3.05) is 13.7 Å².